The third kappa shape index (κ3) is 4.71. The van der Waals surface area contributed by atoms with E-state index in [1.807, 2.05) is 42.5 Å². The first-order valence-electron chi connectivity index (χ1n) is 10.3. The van der Waals surface area contributed by atoms with Gasteiger partial charge in [0, 0.05) is 31.7 Å². The van der Waals surface area contributed by atoms with Crippen LogP contribution in [0.1, 0.15) is 10.4 Å². The molecular weight excluding hydrogens is 490 g/mol. The summed E-state index contributed by atoms with van der Waals surface area (Å²) in [4.78, 5) is 15.4. The van der Waals surface area contributed by atoms with Gasteiger partial charge in [-0.25, -0.2) is 17.6 Å². The number of nitrogens with one attached hydrogen (secondary N) is 1. The van der Waals surface area contributed by atoms with E-state index in [4.69, 9.17) is 23.8 Å². The Morgan fingerprint density at radius 1 is 0.794 bits per heavy atom. The summed E-state index contributed by atoms with van der Waals surface area (Å²) in [6.45, 7) is 0.403. The summed E-state index contributed by atoms with van der Waals surface area (Å²) in [5.74, 6) is -6.77. The van der Waals surface area contributed by atoms with E-state index in [0.29, 0.717) is 5.56 Å². The number of amides is 1. The number of carbonyl (C=O) groups is 1. The number of hydrogen-bond donors (Lipinski definition) is 1. The molecule has 4 nitrogen and oxygen atoms in total. The number of nitrogens with zero attached hydrogens (tertiary/aromatic N) is 2. The van der Waals surface area contributed by atoms with Crippen LogP contribution in [0.4, 0.5) is 23.2 Å². The van der Waals surface area contributed by atoms with E-state index in [2.05, 4.69) is 5.32 Å². The molecule has 0 unspecified atom stereocenters. The van der Waals surface area contributed by atoms with Gasteiger partial charge in [0.15, 0.2) is 28.4 Å². The summed E-state index contributed by atoms with van der Waals surface area (Å²) >= 11 is 10.6. The lowest BCUT2D eigenvalue weighted by molar-refractivity contribution is 0.0973. The van der Waals surface area contributed by atoms with Crippen molar-refractivity contribution >= 4 is 40.5 Å². The fourth-order valence-corrected chi connectivity index (χ4v) is 4.14. The molecule has 0 bridgehead atoms. The van der Waals surface area contributed by atoms with E-state index in [9.17, 15) is 22.4 Å². The van der Waals surface area contributed by atoms with Crippen molar-refractivity contribution in [2.24, 2.45) is 0 Å². The molecule has 0 aliphatic carbocycles. The SMILES string of the molecule is O=C(NC(=S)N1CCN(c2c(F)c(F)c(Cl)c(F)c2F)CC1)c1ccc(-c2ccccc2)cc1. The maximum atomic E-state index is 14.2. The van der Waals surface area contributed by atoms with Gasteiger partial charge in [-0.15, -0.1) is 0 Å². The predicted octanol–water partition coefficient (Wildman–Crippen LogP) is 5.40. The second kappa shape index (κ2) is 9.99. The van der Waals surface area contributed by atoms with Crippen LogP contribution in [-0.2, 0) is 0 Å². The van der Waals surface area contributed by atoms with Crippen molar-refractivity contribution in [3.63, 3.8) is 0 Å². The first-order valence-corrected chi connectivity index (χ1v) is 11.1. The van der Waals surface area contributed by atoms with Crippen molar-refractivity contribution in [1.82, 2.24) is 10.2 Å². The number of rotatable bonds is 3. The quantitative estimate of drug-likeness (QED) is 0.223. The maximum absolute atomic E-state index is 14.2. The van der Waals surface area contributed by atoms with Gasteiger partial charge in [-0.3, -0.25) is 10.1 Å². The van der Waals surface area contributed by atoms with Gasteiger partial charge in [0.05, 0.1) is 0 Å². The van der Waals surface area contributed by atoms with E-state index in [1.54, 1.807) is 17.0 Å². The molecule has 176 valence electrons. The van der Waals surface area contributed by atoms with Crippen LogP contribution in [0.3, 0.4) is 0 Å². The van der Waals surface area contributed by atoms with Crippen molar-refractivity contribution < 1.29 is 22.4 Å². The van der Waals surface area contributed by atoms with Gasteiger partial charge < -0.3 is 9.80 Å². The Bertz CT molecular complexity index is 1200. The summed E-state index contributed by atoms with van der Waals surface area (Å²) in [7, 11) is 0. The molecule has 1 saturated heterocycles. The largest absolute Gasteiger partial charge is 0.363 e. The number of benzene rings is 3. The molecule has 4 rings (SSSR count). The molecule has 1 fully saturated rings. The van der Waals surface area contributed by atoms with E-state index < -0.39 is 39.9 Å². The minimum Gasteiger partial charge on any atom is -0.363 e. The van der Waals surface area contributed by atoms with Gasteiger partial charge in [0.25, 0.3) is 5.91 Å². The number of anilines is 1. The zero-order valence-electron chi connectivity index (χ0n) is 17.6. The van der Waals surface area contributed by atoms with E-state index >= 15 is 0 Å². The molecule has 1 amide bonds. The van der Waals surface area contributed by atoms with Crippen LogP contribution in [0.5, 0.6) is 0 Å². The highest BCUT2D eigenvalue weighted by atomic mass is 35.5. The first kappa shape index (κ1) is 24.0. The summed E-state index contributed by atoms with van der Waals surface area (Å²) in [5.41, 5.74) is 1.59. The zero-order chi connectivity index (χ0) is 24.4. The summed E-state index contributed by atoms with van der Waals surface area (Å²) in [6, 6.07) is 16.8. The third-order valence-corrected chi connectivity index (χ3v) is 6.24. The monoisotopic (exact) mass is 507 g/mol. The molecule has 34 heavy (non-hydrogen) atoms. The minimum atomic E-state index is -1.64. The highest BCUT2D eigenvalue weighted by Crippen LogP contribution is 2.34. The molecule has 3 aromatic carbocycles. The van der Waals surface area contributed by atoms with Crippen LogP contribution in [0.25, 0.3) is 11.1 Å². The maximum Gasteiger partial charge on any atom is 0.257 e. The fourth-order valence-electron chi connectivity index (χ4n) is 3.70. The number of thiocarbonyl (C=S) groups is 1. The summed E-state index contributed by atoms with van der Waals surface area (Å²) < 4.78 is 56.1. The van der Waals surface area contributed by atoms with Crippen LogP contribution < -0.4 is 10.2 Å². The second-order valence-electron chi connectivity index (χ2n) is 7.60. The molecule has 1 N–H and O–H groups in total. The molecule has 1 aliphatic heterocycles. The molecule has 1 aliphatic rings. The highest BCUT2D eigenvalue weighted by molar-refractivity contribution is 7.80. The van der Waals surface area contributed by atoms with Crippen LogP contribution in [0.2, 0.25) is 5.02 Å². The van der Waals surface area contributed by atoms with Crippen LogP contribution in [0, 0.1) is 23.3 Å². The molecule has 0 radical (unpaired) electrons. The zero-order valence-corrected chi connectivity index (χ0v) is 19.2. The van der Waals surface area contributed by atoms with Gasteiger partial charge in [-0.05, 0) is 35.5 Å². The minimum absolute atomic E-state index is 0.0239. The molecule has 0 spiro atoms. The fraction of sp³-hybridized carbons (Fsp3) is 0.167. The van der Waals surface area contributed by atoms with Crippen molar-refractivity contribution in [2.45, 2.75) is 0 Å². The van der Waals surface area contributed by atoms with E-state index in [0.717, 1.165) is 11.1 Å². The Morgan fingerprint density at radius 3 is 1.88 bits per heavy atom. The molecule has 0 atom stereocenters. The molecule has 0 aromatic heterocycles. The lowest BCUT2D eigenvalue weighted by Crippen LogP contribution is -2.53. The second-order valence-corrected chi connectivity index (χ2v) is 8.36. The van der Waals surface area contributed by atoms with Crippen LogP contribution in [-0.4, -0.2) is 42.1 Å². The molecule has 10 heteroatoms. The number of piperazine rings is 1. The lowest BCUT2D eigenvalue weighted by Gasteiger charge is -2.37. The standard InChI is InChI=1S/C24H18ClF4N3OS/c25-17-18(26)20(28)22(21(29)19(17)27)31-10-12-32(13-11-31)24(34)30-23(33)16-8-6-15(7-9-16)14-4-2-1-3-5-14/h1-9H,10-13H2,(H,30,33,34). The van der Waals surface area contributed by atoms with E-state index in [1.165, 1.54) is 4.90 Å². The molecule has 0 saturated carbocycles. The average molecular weight is 508 g/mol. The average Bonchev–Trinajstić information content (AvgIpc) is 2.87. The number of carbonyl (C=O) groups excluding carboxylic acids is 1. The van der Waals surface area contributed by atoms with Gasteiger partial charge in [-0.2, -0.15) is 0 Å². The Labute approximate surface area is 203 Å². The van der Waals surface area contributed by atoms with Gasteiger partial charge in [0.1, 0.15) is 10.7 Å². The topological polar surface area (TPSA) is 35.6 Å². The van der Waals surface area contributed by atoms with Crippen molar-refractivity contribution in [3.8, 4) is 11.1 Å². The predicted molar refractivity (Wildman–Crippen MR) is 127 cm³/mol. The Kier molecular flexibility index (Phi) is 7.04. The van der Waals surface area contributed by atoms with Gasteiger partial charge in [0.2, 0.25) is 0 Å². The Balaban J connectivity index is 1.38. The van der Waals surface area contributed by atoms with Gasteiger partial charge >= 0.3 is 0 Å². The smallest absolute Gasteiger partial charge is 0.257 e. The van der Waals surface area contributed by atoms with Crippen molar-refractivity contribution in [2.75, 3.05) is 31.1 Å². The lowest BCUT2D eigenvalue weighted by atomic mass is 10.0. The van der Waals surface area contributed by atoms with Crippen molar-refractivity contribution in [1.29, 1.82) is 0 Å². The van der Waals surface area contributed by atoms with Crippen molar-refractivity contribution in [3.05, 3.63) is 88.5 Å². The summed E-state index contributed by atoms with van der Waals surface area (Å²) in [5, 5.41) is 1.56. The Hall–Kier alpha value is -3.17. The molecule has 3 aromatic rings. The van der Waals surface area contributed by atoms with Crippen LogP contribution in [0.15, 0.2) is 54.6 Å². The molecular formula is C24H18ClF4N3OS. The number of halogens is 5. The highest BCUT2D eigenvalue weighted by Gasteiger charge is 2.30. The molecule has 1 heterocycles. The van der Waals surface area contributed by atoms with Gasteiger partial charge in [-0.1, -0.05) is 54.1 Å². The third-order valence-electron chi connectivity index (χ3n) is 5.54. The van der Waals surface area contributed by atoms with E-state index in [-0.39, 0.29) is 31.3 Å². The Morgan fingerprint density at radius 2 is 1.32 bits per heavy atom. The number of hydrogen-bond acceptors (Lipinski definition) is 3. The summed E-state index contributed by atoms with van der Waals surface area (Å²) in [6.07, 6.45) is 0. The van der Waals surface area contributed by atoms with Crippen LogP contribution >= 0.6 is 23.8 Å². The normalized spacial score (nSPS) is 13.7. The first-order chi connectivity index (χ1) is 16.3.